The van der Waals surface area contributed by atoms with Crippen molar-refractivity contribution in [1.29, 1.82) is 0 Å². The largest absolute Gasteiger partial charge is 0.317 e. The van der Waals surface area contributed by atoms with Crippen LogP contribution < -0.4 is 15.8 Å². The average molecular weight is 379 g/mol. The fourth-order valence-corrected chi connectivity index (χ4v) is 2.22. The number of benzene rings is 2. The molecule has 9 heteroatoms. The van der Waals surface area contributed by atoms with Crippen LogP contribution >= 0.6 is 0 Å². The second kappa shape index (κ2) is 8.84. The maximum atomic E-state index is 14.4. The third-order valence-electron chi connectivity index (χ3n) is 3.59. The molecule has 27 heavy (non-hydrogen) atoms. The highest BCUT2D eigenvalue weighted by Crippen LogP contribution is 2.19. The van der Waals surface area contributed by atoms with Crippen molar-refractivity contribution in [2.24, 2.45) is 0 Å². The molecule has 0 aliphatic rings. The summed E-state index contributed by atoms with van der Waals surface area (Å²) in [5.41, 5.74) is 3.84. The number of nitrogens with zero attached hydrogens (tertiary/aromatic N) is 1. The molecule has 3 amide bonds. The van der Waals surface area contributed by atoms with Crippen LogP contribution in [0.1, 0.15) is 22.8 Å². The molecule has 0 bridgehead atoms. The highest BCUT2D eigenvalue weighted by atomic mass is 19.3. The summed E-state index contributed by atoms with van der Waals surface area (Å²) in [6, 6.07) is 12.1. The van der Waals surface area contributed by atoms with Crippen LogP contribution in [-0.2, 0) is 16.1 Å². The van der Waals surface area contributed by atoms with Crippen molar-refractivity contribution in [1.82, 2.24) is 10.9 Å². The van der Waals surface area contributed by atoms with Gasteiger partial charge in [0.05, 0.1) is 6.54 Å². The van der Waals surface area contributed by atoms with Crippen molar-refractivity contribution in [2.75, 3.05) is 4.90 Å². The van der Waals surface area contributed by atoms with Gasteiger partial charge in [-0.2, -0.15) is 8.78 Å². The van der Waals surface area contributed by atoms with Gasteiger partial charge in [-0.1, -0.05) is 24.3 Å². The highest BCUT2D eigenvalue weighted by molar-refractivity contribution is 5.95. The molecule has 6 nitrogen and oxygen atoms in total. The van der Waals surface area contributed by atoms with Gasteiger partial charge in [0.1, 0.15) is 5.82 Å². The molecule has 0 fully saturated rings. The Kier molecular flexibility index (Phi) is 6.53. The summed E-state index contributed by atoms with van der Waals surface area (Å²) in [6.07, 6.45) is -3.29. The van der Waals surface area contributed by atoms with E-state index < -0.39 is 24.1 Å². The molecule has 0 aromatic heterocycles. The van der Waals surface area contributed by atoms with Crippen LogP contribution in [0.15, 0.2) is 48.5 Å². The Morgan fingerprint density at radius 1 is 1.04 bits per heavy atom. The number of hydrogen-bond donors (Lipinski definition) is 2. The molecule has 0 saturated carbocycles. The molecule has 0 heterocycles. The third kappa shape index (κ3) is 5.30. The highest BCUT2D eigenvalue weighted by Gasteiger charge is 2.18. The van der Waals surface area contributed by atoms with E-state index in [-0.39, 0.29) is 23.6 Å². The van der Waals surface area contributed by atoms with Crippen LogP contribution in [0.5, 0.6) is 0 Å². The fourth-order valence-electron chi connectivity index (χ4n) is 2.22. The molecule has 2 aromatic carbocycles. The number of halogens is 3. The number of hydrazine groups is 1. The van der Waals surface area contributed by atoms with Gasteiger partial charge >= 0.3 is 12.3 Å². The van der Waals surface area contributed by atoms with E-state index in [1.54, 1.807) is 35.8 Å². The molecular weight excluding hydrogens is 363 g/mol. The van der Waals surface area contributed by atoms with Gasteiger partial charge in [-0.3, -0.25) is 25.2 Å². The van der Waals surface area contributed by atoms with E-state index in [4.69, 9.17) is 0 Å². The van der Waals surface area contributed by atoms with Crippen molar-refractivity contribution in [2.45, 2.75) is 19.9 Å². The maximum absolute atomic E-state index is 14.4. The van der Waals surface area contributed by atoms with Crippen molar-refractivity contribution in [3.63, 3.8) is 0 Å². The summed E-state index contributed by atoms with van der Waals surface area (Å²) in [7, 11) is 0. The zero-order valence-corrected chi connectivity index (χ0v) is 14.2. The summed E-state index contributed by atoms with van der Waals surface area (Å²) >= 11 is 0. The van der Waals surface area contributed by atoms with Gasteiger partial charge in [-0.05, 0) is 24.3 Å². The molecule has 2 aromatic rings. The number of amides is 3. The quantitative estimate of drug-likeness (QED) is 0.783. The van der Waals surface area contributed by atoms with E-state index in [2.05, 4.69) is 0 Å². The average Bonchev–Trinajstić information content (AvgIpc) is 2.65. The summed E-state index contributed by atoms with van der Waals surface area (Å²) in [5, 5.41) is 0. The van der Waals surface area contributed by atoms with Gasteiger partial charge in [-0.15, -0.1) is 0 Å². The smallest absolute Gasteiger partial charge is 0.308 e. The Morgan fingerprint density at radius 3 is 2.26 bits per heavy atom. The molecular formula is C18H16F3N3O3. The van der Waals surface area contributed by atoms with E-state index >= 15 is 0 Å². The normalized spacial score (nSPS) is 10.4. The Morgan fingerprint density at radius 2 is 1.70 bits per heavy atom. The van der Waals surface area contributed by atoms with Crippen molar-refractivity contribution >= 4 is 23.4 Å². The Hall–Kier alpha value is -3.36. The van der Waals surface area contributed by atoms with E-state index in [1.807, 2.05) is 0 Å². The number of nitrogens with one attached hydrogen (secondary N) is 2. The van der Waals surface area contributed by atoms with Crippen LogP contribution in [0.25, 0.3) is 0 Å². The summed E-state index contributed by atoms with van der Waals surface area (Å²) in [6.45, 7) is 1.29. The number of alkyl halides is 2. The number of carbonyl (C=O) groups excluding carboxylic acids is 3. The molecule has 2 rings (SSSR count). The van der Waals surface area contributed by atoms with Crippen molar-refractivity contribution in [3.8, 4) is 0 Å². The molecule has 0 aliphatic carbocycles. The lowest BCUT2D eigenvalue weighted by molar-refractivity contribution is -0.132. The SMILES string of the molecule is CC(=O)N(Cc1ccc(C(=O)NNC(=O)C(F)F)cc1F)c1ccccc1. The monoisotopic (exact) mass is 379 g/mol. The Labute approximate surface area is 152 Å². The number of anilines is 1. The molecule has 0 atom stereocenters. The van der Waals surface area contributed by atoms with Crippen LogP contribution in [-0.4, -0.2) is 24.1 Å². The van der Waals surface area contributed by atoms with Gasteiger partial charge < -0.3 is 4.90 Å². The first-order chi connectivity index (χ1) is 12.8. The second-order valence-corrected chi connectivity index (χ2v) is 5.49. The molecule has 0 radical (unpaired) electrons. The first-order valence-electron chi connectivity index (χ1n) is 7.79. The number of rotatable bonds is 5. The zero-order chi connectivity index (χ0) is 20.0. The minimum atomic E-state index is -3.29. The number of carbonyl (C=O) groups is 3. The van der Waals surface area contributed by atoms with Crippen molar-refractivity contribution < 1.29 is 27.6 Å². The topological polar surface area (TPSA) is 78.5 Å². The molecule has 0 unspecified atom stereocenters. The van der Waals surface area contributed by atoms with Gasteiger partial charge in [0.15, 0.2) is 0 Å². The van der Waals surface area contributed by atoms with E-state index in [1.165, 1.54) is 29.4 Å². The second-order valence-electron chi connectivity index (χ2n) is 5.49. The van der Waals surface area contributed by atoms with Gasteiger partial charge in [0, 0.05) is 23.7 Å². The standard InChI is InChI=1S/C18H16F3N3O3/c1-11(25)24(14-5-3-2-4-6-14)10-13-8-7-12(9-15(13)19)17(26)22-23-18(27)16(20)21/h2-9,16H,10H2,1H3,(H,22,26)(H,23,27). The zero-order valence-electron chi connectivity index (χ0n) is 14.2. The maximum Gasteiger partial charge on any atom is 0.317 e. The van der Waals surface area contributed by atoms with Crippen molar-refractivity contribution in [3.05, 3.63) is 65.5 Å². The van der Waals surface area contributed by atoms with Crippen LogP contribution in [0, 0.1) is 5.82 Å². The van der Waals surface area contributed by atoms with E-state index in [9.17, 15) is 27.6 Å². The molecule has 142 valence electrons. The third-order valence-corrected chi connectivity index (χ3v) is 3.59. The molecule has 2 N–H and O–H groups in total. The lowest BCUT2D eigenvalue weighted by atomic mass is 10.1. The van der Waals surface area contributed by atoms with E-state index in [0.29, 0.717) is 5.69 Å². The Bertz CT molecular complexity index is 844. The summed E-state index contributed by atoms with van der Waals surface area (Å²) in [4.78, 5) is 35.8. The Balaban J connectivity index is 2.12. The minimum Gasteiger partial charge on any atom is -0.308 e. The minimum absolute atomic E-state index is 0.0603. The summed E-state index contributed by atoms with van der Waals surface area (Å²) < 4.78 is 38.5. The lowest BCUT2D eigenvalue weighted by Gasteiger charge is -2.21. The predicted molar refractivity (Wildman–Crippen MR) is 91.3 cm³/mol. The lowest BCUT2D eigenvalue weighted by Crippen LogP contribution is -2.44. The fraction of sp³-hybridized carbons (Fsp3) is 0.167. The van der Waals surface area contributed by atoms with Gasteiger partial charge in [0.2, 0.25) is 5.91 Å². The molecule has 0 aliphatic heterocycles. The van der Waals surface area contributed by atoms with Crippen LogP contribution in [0.4, 0.5) is 18.9 Å². The van der Waals surface area contributed by atoms with Gasteiger partial charge in [0.25, 0.3) is 5.91 Å². The van der Waals surface area contributed by atoms with Crippen LogP contribution in [0.2, 0.25) is 0 Å². The first kappa shape index (κ1) is 20.0. The predicted octanol–water partition coefficient (Wildman–Crippen LogP) is 2.40. The number of para-hydroxylation sites is 1. The number of hydrogen-bond acceptors (Lipinski definition) is 3. The van der Waals surface area contributed by atoms with Gasteiger partial charge in [-0.25, -0.2) is 4.39 Å². The molecule has 0 saturated heterocycles. The van der Waals surface area contributed by atoms with E-state index in [0.717, 1.165) is 6.07 Å². The molecule has 0 spiro atoms. The summed E-state index contributed by atoms with van der Waals surface area (Å²) in [5.74, 6) is -3.69. The van der Waals surface area contributed by atoms with Crippen LogP contribution in [0.3, 0.4) is 0 Å². The first-order valence-corrected chi connectivity index (χ1v) is 7.79.